The Hall–Kier alpha value is -0.570. The van der Waals surface area contributed by atoms with Gasteiger partial charge < -0.3 is 9.84 Å². The molecule has 0 aromatic rings. The highest BCUT2D eigenvalue weighted by molar-refractivity contribution is 5.62. The average Bonchev–Trinajstić information content (AvgIpc) is 2.20. The summed E-state index contributed by atoms with van der Waals surface area (Å²) < 4.78 is 5.05. The van der Waals surface area contributed by atoms with Gasteiger partial charge in [0.15, 0.2) is 0 Å². The fourth-order valence-corrected chi connectivity index (χ4v) is 2.13. The maximum Gasteiger partial charge on any atom is 0.300 e. The van der Waals surface area contributed by atoms with Gasteiger partial charge in [0.1, 0.15) is 0 Å². The molecule has 0 spiro atoms. The molecule has 1 aliphatic rings. The first-order valence-corrected chi connectivity index (χ1v) is 6.24. The first kappa shape index (κ1) is 15.4. The lowest BCUT2D eigenvalue weighted by molar-refractivity contribution is -0.134. The largest absolute Gasteiger partial charge is 0.481 e. The van der Waals surface area contributed by atoms with Crippen LogP contribution < -0.4 is 0 Å². The van der Waals surface area contributed by atoms with Crippen LogP contribution in [0.25, 0.3) is 0 Å². The van der Waals surface area contributed by atoms with E-state index in [2.05, 4.69) is 6.92 Å². The van der Waals surface area contributed by atoms with Gasteiger partial charge in [-0.25, -0.2) is 0 Å². The molecule has 0 aromatic heterocycles. The van der Waals surface area contributed by atoms with Crippen molar-refractivity contribution in [2.24, 2.45) is 11.8 Å². The van der Waals surface area contributed by atoms with Gasteiger partial charge in [0, 0.05) is 20.6 Å². The molecule has 3 heteroatoms. The van der Waals surface area contributed by atoms with Gasteiger partial charge in [-0.05, 0) is 24.7 Å². The van der Waals surface area contributed by atoms with Crippen molar-refractivity contribution < 1.29 is 14.6 Å². The molecule has 0 atom stereocenters. The molecule has 0 unspecified atom stereocenters. The Morgan fingerprint density at radius 2 is 1.81 bits per heavy atom. The van der Waals surface area contributed by atoms with Gasteiger partial charge in [-0.2, -0.15) is 0 Å². The predicted octanol–water partition coefficient (Wildman–Crippen LogP) is 3.33. The van der Waals surface area contributed by atoms with Crippen LogP contribution in [0.1, 0.15) is 52.4 Å². The second kappa shape index (κ2) is 9.64. The Labute approximate surface area is 99.2 Å². The van der Waals surface area contributed by atoms with Crippen LogP contribution in [0.4, 0.5) is 0 Å². The quantitative estimate of drug-likeness (QED) is 0.753. The van der Waals surface area contributed by atoms with Crippen molar-refractivity contribution in [3.05, 3.63) is 0 Å². The molecule has 0 bridgehead atoms. The van der Waals surface area contributed by atoms with E-state index in [1.54, 1.807) is 7.11 Å². The normalized spacial score (nSPS) is 24.4. The molecule has 1 fully saturated rings. The van der Waals surface area contributed by atoms with Crippen LogP contribution >= 0.6 is 0 Å². The van der Waals surface area contributed by atoms with E-state index in [0.717, 1.165) is 25.4 Å². The fraction of sp³-hybridized carbons (Fsp3) is 0.923. The van der Waals surface area contributed by atoms with Crippen molar-refractivity contribution in [2.45, 2.75) is 52.4 Å². The molecule has 16 heavy (non-hydrogen) atoms. The minimum absolute atomic E-state index is 0.833. The minimum Gasteiger partial charge on any atom is -0.481 e. The number of rotatable bonds is 4. The molecule has 0 aliphatic heterocycles. The van der Waals surface area contributed by atoms with E-state index in [9.17, 15) is 0 Å². The van der Waals surface area contributed by atoms with E-state index in [1.807, 2.05) is 0 Å². The Bertz CT molecular complexity index is 168. The van der Waals surface area contributed by atoms with E-state index in [4.69, 9.17) is 14.6 Å². The molecule has 96 valence electrons. The monoisotopic (exact) mass is 230 g/mol. The summed E-state index contributed by atoms with van der Waals surface area (Å²) in [4.78, 5) is 9.00. The third-order valence-electron chi connectivity index (χ3n) is 3.10. The molecule has 1 saturated carbocycles. The van der Waals surface area contributed by atoms with Crippen LogP contribution in [0, 0.1) is 11.8 Å². The summed E-state index contributed by atoms with van der Waals surface area (Å²) in [6, 6.07) is 0. The lowest BCUT2D eigenvalue weighted by Crippen LogP contribution is -2.12. The fourth-order valence-electron chi connectivity index (χ4n) is 2.13. The third-order valence-corrected chi connectivity index (χ3v) is 3.10. The van der Waals surface area contributed by atoms with Crippen LogP contribution in [0.15, 0.2) is 0 Å². The van der Waals surface area contributed by atoms with Gasteiger partial charge in [-0.3, -0.25) is 4.79 Å². The second-order valence-corrected chi connectivity index (χ2v) is 4.78. The molecule has 0 aromatic carbocycles. The molecular formula is C13H26O3. The van der Waals surface area contributed by atoms with Gasteiger partial charge in [-0.1, -0.05) is 32.6 Å². The maximum atomic E-state index is 9.00. The van der Waals surface area contributed by atoms with Crippen molar-refractivity contribution in [1.29, 1.82) is 0 Å². The number of carboxylic acid groups (broad SMARTS) is 1. The molecule has 1 aliphatic carbocycles. The molecular weight excluding hydrogens is 204 g/mol. The zero-order valence-corrected chi connectivity index (χ0v) is 10.9. The van der Waals surface area contributed by atoms with E-state index < -0.39 is 5.97 Å². The summed E-state index contributed by atoms with van der Waals surface area (Å²) in [5.41, 5.74) is 0. The number of aliphatic carboxylic acids is 1. The predicted molar refractivity (Wildman–Crippen MR) is 65.5 cm³/mol. The molecule has 0 heterocycles. The summed E-state index contributed by atoms with van der Waals surface area (Å²) in [6.45, 7) is 4.41. The smallest absolute Gasteiger partial charge is 0.300 e. The number of hydrogen-bond donors (Lipinski definition) is 1. The first-order chi connectivity index (χ1) is 7.56. The molecule has 1 N–H and O–H groups in total. The number of ether oxygens (including phenoxy) is 1. The zero-order chi connectivity index (χ0) is 12.4. The molecule has 0 radical (unpaired) electrons. The van der Waals surface area contributed by atoms with E-state index in [1.165, 1.54) is 38.5 Å². The van der Waals surface area contributed by atoms with Crippen molar-refractivity contribution >= 4 is 5.97 Å². The summed E-state index contributed by atoms with van der Waals surface area (Å²) in [5.74, 6) is 1.17. The van der Waals surface area contributed by atoms with E-state index >= 15 is 0 Å². The highest BCUT2D eigenvalue weighted by atomic mass is 16.5. The Balaban J connectivity index is 0.000000487. The lowest BCUT2D eigenvalue weighted by Gasteiger charge is -2.25. The lowest BCUT2D eigenvalue weighted by atomic mass is 9.81. The number of carbonyl (C=O) groups is 1. The molecule has 3 nitrogen and oxygen atoms in total. The second-order valence-electron chi connectivity index (χ2n) is 4.78. The SMILES string of the molecule is CC(=O)O.COCCCC1CCC(C)CC1. The Morgan fingerprint density at radius 3 is 2.25 bits per heavy atom. The van der Waals surface area contributed by atoms with E-state index in [-0.39, 0.29) is 0 Å². The standard InChI is InChI=1S/C11H22O.C2H4O2/c1-10-5-7-11(8-6-10)4-3-9-12-2;1-2(3)4/h10-11H,3-9H2,1-2H3;1H3,(H,3,4). The van der Waals surface area contributed by atoms with Crippen LogP contribution in [0.2, 0.25) is 0 Å². The average molecular weight is 230 g/mol. The maximum absolute atomic E-state index is 9.00. The summed E-state index contributed by atoms with van der Waals surface area (Å²) in [6.07, 6.45) is 8.49. The highest BCUT2D eigenvalue weighted by Gasteiger charge is 2.17. The van der Waals surface area contributed by atoms with Crippen molar-refractivity contribution in [2.75, 3.05) is 13.7 Å². The van der Waals surface area contributed by atoms with Crippen LogP contribution in [-0.2, 0) is 9.53 Å². The topological polar surface area (TPSA) is 46.5 Å². The van der Waals surface area contributed by atoms with Crippen LogP contribution in [0.5, 0.6) is 0 Å². The minimum atomic E-state index is -0.833. The van der Waals surface area contributed by atoms with E-state index in [0.29, 0.717) is 0 Å². The Morgan fingerprint density at radius 1 is 1.31 bits per heavy atom. The summed E-state index contributed by atoms with van der Waals surface area (Å²) in [5, 5.41) is 7.42. The van der Waals surface area contributed by atoms with Gasteiger partial charge in [0.2, 0.25) is 0 Å². The van der Waals surface area contributed by atoms with Crippen LogP contribution in [-0.4, -0.2) is 24.8 Å². The number of methoxy groups -OCH3 is 1. The van der Waals surface area contributed by atoms with Crippen molar-refractivity contribution in [1.82, 2.24) is 0 Å². The van der Waals surface area contributed by atoms with Gasteiger partial charge in [0.05, 0.1) is 0 Å². The highest BCUT2D eigenvalue weighted by Crippen LogP contribution is 2.30. The number of carboxylic acids is 1. The first-order valence-electron chi connectivity index (χ1n) is 6.24. The van der Waals surface area contributed by atoms with Gasteiger partial charge in [-0.15, -0.1) is 0 Å². The van der Waals surface area contributed by atoms with Crippen molar-refractivity contribution in [3.63, 3.8) is 0 Å². The Kier molecular flexibility index (Phi) is 9.30. The summed E-state index contributed by atoms with van der Waals surface area (Å²) >= 11 is 0. The number of hydrogen-bond acceptors (Lipinski definition) is 2. The van der Waals surface area contributed by atoms with Crippen molar-refractivity contribution in [3.8, 4) is 0 Å². The van der Waals surface area contributed by atoms with Gasteiger partial charge >= 0.3 is 0 Å². The molecule has 0 saturated heterocycles. The van der Waals surface area contributed by atoms with Crippen LogP contribution in [0.3, 0.4) is 0 Å². The summed E-state index contributed by atoms with van der Waals surface area (Å²) in [7, 11) is 1.79. The molecule has 1 rings (SSSR count). The third kappa shape index (κ3) is 9.97. The van der Waals surface area contributed by atoms with Gasteiger partial charge in [0.25, 0.3) is 5.97 Å². The zero-order valence-electron chi connectivity index (χ0n) is 10.9. The molecule has 0 amide bonds.